The molecule has 1 heterocycles. The molecule has 0 aromatic rings. The van der Waals surface area contributed by atoms with Crippen LogP contribution in [0.2, 0.25) is 0 Å². The van der Waals surface area contributed by atoms with E-state index in [0.717, 1.165) is 13.0 Å². The highest BCUT2D eigenvalue weighted by Crippen LogP contribution is 2.30. The molecule has 3 nitrogen and oxygen atoms in total. The second-order valence-electron chi connectivity index (χ2n) is 5.36. The number of hydrogen-bond acceptors (Lipinski definition) is 3. The fourth-order valence-corrected chi connectivity index (χ4v) is 3.22. The molecule has 3 atom stereocenters. The zero-order chi connectivity index (χ0) is 10.8. The Balaban J connectivity index is 1.94. The minimum Gasteiger partial charge on any atom is -0.391 e. The summed E-state index contributed by atoms with van der Waals surface area (Å²) in [5.74, 6) is 0. The first-order valence-electron chi connectivity index (χ1n) is 6.27. The average Bonchev–Trinajstić information content (AvgIpc) is 2.73. The van der Waals surface area contributed by atoms with Crippen LogP contribution in [-0.4, -0.2) is 60.3 Å². The molecule has 1 aliphatic carbocycles. The first-order chi connectivity index (χ1) is 7.18. The van der Waals surface area contributed by atoms with E-state index in [2.05, 4.69) is 23.9 Å². The number of aliphatic hydroxyl groups is 1. The molecule has 0 radical (unpaired) electrons. The normalized spacial score (nSPS) is 38.0. The van der Waals surface area contributed by atoms with Crippen LogP contribution in [0.3, 0.4) is 0 Å². The van der Waals surface area contributed by atoms with Crippen LogP contribution in [0.4, 0.5) is 0 Å². The molecule has 1 unspecified atom stereocenters. The molecule has 1 saturated carbocycles. The molecule has 0 amide bonds. The van der Waals surface area contributed by atoms with Crippen molar-refractivity contribution in [2.75, 3.05) is 27.2 Å². The predicted octanol–water partition coefficient (Wildman–Crippen LogP) is 0.926. The van der Waals surface area contributed by atoms with Gasteiger partial charge in [0.2, 0.25) is 0 Å². The first-order valence-corrected chi connectivity index (χ1v) is 6.27. The molecular formula is C12H24N2O. The summed E-state index contributed by atoms with van der Waals surface area (Å²) in [4.78, 5) is 4.84. The number of likely N-dealkylation sites (N-methyl/N-ethyl adjacent to an activating group) is 1. The Hall–Kier alpha value is -0.120. The van der Waals surface area contributed by atoms with E-state index < -0.39 is 0 Å². The van der Waals surface area contributed by atoms with Crippen molar-refractivity contribution in [3.8, 4) is 0 Å². The summed E-state index contributed by atoms with van der Waals surface area (Å²) < 4.78 is 0. The summed E-state index contributed by atoms with van der Waals surface area (Å²) in [6, 6.07) is 1.13. The van der Waals surface area contributed by atoms with E-state index in [4.69, 9.17) is 0 Å². The van der Waals surface area contributed by atoms with Gasteiger partial charge >= 0.3 is 0 Å². The van der Waals surface area contributed by atoms with E-state index >= 15 is 0 Å². The predicted molar refractivity (Wildman–Crippen MR) is 61.9 cm³/mol. The third-order valence-electron chi connectivity index (χ3n) is 3.87. The van der Waals surface area contributed by atoms with Crippen molar-refractivity contribution in [3.63, 3.8) is 0 Å². The maximum atomic E-state index is 9.95. The fraction of sp³-hybridized carbons (Fsp3) is 1.00. The Labute approximate surface area is 93.1 Å². The number of rotatable bonds is 3. The summed E-state index contributed by atoms with van der Waals surface area (Å²) in [6.07, 6.45) is 5.97. The van der Waals surface area contributed by atoms with Gasteiger partial charge in [-0.05, 0) is 52.7 Å². The van der Waals surface area contributed by atoms with E-state index in [1.807, 2.05) is 0 Å². The van der Waals surface area contributed by atoms with Gasteiger partial charge in [-0.15, -0.1) is 0 Å². The summed E-state index contributed by atoms with van der Waals surface area (Å²) in [6.45, 7) is 2.34. The van der Waals surface area contributed by atoms with Gasteiger partial charge in [0.15, 0.2) is 0 Å². The lowest BCUT2D eigenvalue weighted by atomic mass is 10.1. The second kappa shape index (κ2) is 4.81. The van der Waals surface area contributed by atoms with Crippen LogP contribution in [0.25, 0.3) is 0 Å². The Morgan fingerprint density at radius 1 is 1.20 bits per heavy atom. The maximum absolute atomic E-state index is 9.95. The molecule has 15 heavy (non-hydrogen) atoms. The lowest BCUT2D eigenvalue weighted by Gasteiger charge is -2.33. The van der Waals surface area contributed by atoms with Crippen LogP contribution in [0.5, 0.6) is 0 Å². The number of aliphatic hydroxyl groups excluding tert-OH is 1. The number of hydrogen-bond donors (Lipinski definition) is 1. The van der Waals surface area contributed by atoms with E-state index in [0.29, 0.717) is 12.1 Å². The molecule has 88 valence electrons. The lowest BCUT2D eigenvalue weighted by molar-refractivity contribution is 0.0562. The van der Waals surface area contributed by atoms with Crippen molar-refractivity contribution < 1.29 is 5.11 Å². The molecular weight excluding hydrogens is 188 g/mol. The Kier molecular flexibility index (Phi) is 3.65. The Morgan fingerprint density at radius 2 is 2.00 bits per heavy atom. The molecule has 0 aromatic carbocycles. The van der Waals surface area contributed by atoms with Crippen LogP contribution in [0.1, 0.15) is 32.1 Å². The SMILES string of the molecule is CN(C)CC1CCCN1[C@H]1CCC[C@@H]1O. The molecule has 2 aliphatic rings. The third-order valence-corrected chi connectivity index (χ3v) is 3.87. The van der Waals surface area contributed by atoms with Gasteiger partial charge in [-0.1, -0.05) is 0 Å². The van der Waals surface area contributed by atoms with Gasteiger partial charge in [0.05, 0.1) is 6.10 Å². The third kappa shape index (κ3) is 2.52. The zero-order valence-electron chi connectivity index (χ0n) is 10.0. The monoisotopic (exact) mass is 212 g/mol. The topological polar surface area (TPSA) is 26.7 Å². The first kappa shape index (κ1) is 11.4. The van der Waals surface area contributed by atoms with Crippen molar-refractivity contribution in [2.45, 2.75) is 50.3 Å². The van der Waals surface area contributed by atoms with Crippen LogP contribution in [0.15, 0.2) is 0 Å². The quantitative estimate of drug-likeness (QED) is 0.754. The van der Waals surface area contributed by atoms with E-state index in [1.54, 1.807) is 0 Å². The van der Waals surface area contributed by atoms with Gasteiger partial charge in [0.1, 0.15) is 0 Å². The van der Waals surface area contributed by atoms with Crippen LogP contribution >= 0.6 is 0 Å². The Bertz CT molecular complexity index is 208. The van der Waals surface area contributed by atoms with Gasteiger partial charge in [0.25, 0.3) is 0 Å². The highest BCUT2D eigenvalue weighted by Gasteiger charge is 2.36. The number of likely N-dealkylation sites (tertiary alicyclic amines) is 1. The summed E-state index contributed by atoms with van der Waals surface area (Å²) in [7, 11) is 4.28. The van der Waals surface area contributed by atoms with Crippen molar-refractivity contribution in [1.82, 2.24) is 9.80 Å². The van der Waals surface area contributed by atoms with Gasteiger partial charge < -0.3 is 10.0 Å². The molecule has 3 heteroatoms. The fourth-order valence-electron chi connectivity index (χ4n) is 3.22. The van der Waals surface area contributed by atoms with Crippen LogP contribution in [-0.2, 0) is 0 Å². The molecule has 1 aliphatic heterocycles. The smallest absolute Gasteiger partial charge is 0.0695 e. The van der Waals surface area contributed by atoms with Crippen molar-refractivity contribution in [1.29, 1.82) is 0 Å². The summed E-state index contributed by atoms with van der Waals surface area (Å²) in [5.41, 5.74) is 0. The minimum atomic E-state index is -0.0623. The largest absolute Gasteiger partial charge is 0.391 e. The van der Waals surface area contributed by atoms with Gasteiger partial charge in [-0.2, -0.15) is 0 Å². The highest BCUT2D eigenvalue weighted by atomic mass is 16.3. The van der Waals surface area contributed by atoms with Gasteiger partial charge in [-0.25, -0.2) is 0 Å². The van der Waals surface area contributed by atoms with Gasteiger partial charge in [-0.3, -0.25) is 4.90 Å². The molecule has 0 bridgehead atoms. The van der Waals surface area contributed by atoms with Gasteiger partial charge in [0, 0.05) is 18.6 Å². The van der Waals surface area contributed by atoms with Crippen molar-refractivity contribution in [3.05, 3.63) is 0 Å². The molecule has 1 saturated heterocycles. The Morgan fingerprint density at radius 3 is 2.60 bits per heavy atom. The molecule has 2 rings (SSSR count). The van der Waals surface area contributed by atoms with Crippen molar-refractivity contribution >= 4 is 0 Å². The molecule has 0 aromatic heterocycles. The van der Waals surface area contributed by atoms with E-state index in [9.17, 15) is 5.11 Å². The molecule has 0 spiro atoms. The van der Waals surface area contributed by atoms with Crippen molar-refractivity contribution in [2.24, 2.45) is 0 Å². The molecule has 1 N–H and O–H groups in total. The lowest BCUT2D eigenvalue weighted by Crippen LogP contribution is -2.46. The second-order valence-corrected chi connectivity index (χ2v) is 5.36. The average molecular weight is 212 g/mol. The summed E-state index contributed by atoms with van der Waals surface area (Å²) in [5, 5.41) is 9.95. The van der Waals surface area contributed by atoms with E-state index in [-0.39, 0.29) is 6.10 Å². The maximum Gasteiger partial charge on any atom is 0.0695 e. The number of nitrogens with zero attached hydrogens (tertiary/aromatic N) is 2. The minimum absolute atomic E-state index is 0.0623. The van der Waals surface area contributed by atoms with Crippen LogP contribution in [0, 0.1) is 0 Å². The summed E-state index contributed by atoms with van der Waals surface area (Å²) >= 11 is 0. The molecule has 2 fully saturated rings. The highest BCUT2D eigenvalue weighted by molar-refractivity contribution is 4.92. The zero-order valence-corrected chi connectivity index (χ0v) is 10.0. The standard InChI is InChI=1S/C12H24N2O/c1-13(2)9-10-5-4-8-14(10)11-6-3-7-12(11)15/h10-12,15H,3-9H2,1-2H3/t10?,11-,12-/m0/s1. The van der Waals surface area contributed by atoms with Crippen LogP contribution < -0.4 is 0 Å². The van der Waals surface area contributed by atoms with E-state index in [1.165, 1.54) is 32.2 Å².